The molecule has 0 saturated heterocycles. The number of likely N-dealkylation sites (N-methyl/N-ethyl adjacent to an activating group) is 1. The van der Waals surface area contributed by atoms with Crippen LogP contribution in [0.2, 0.25) is 0 Å². The summed E-state index contributed by atoms with van der Waals surface area (Å²) in [4.78, 5) is 30.3. The average molecular weight is 323 g/mol. The van der Waals surface area contributed by atoms with E-state index in [0.717, 1.165) is 17.7 Å². The molecule has 1 fully saturated rings. The number of aromatic nitrogens is 1. The number of nitrogens with one attached hydrogen (secondary N) is 1. The number of hydrogen-bond donors (Lipinski definition) is 1. The van der Waals surface area contributed by atoms with Crippen molar-refractivity contribution >= 4 is 17.5 Å². The number of benzene rings is 1. The molecular weight excluding hydrogens is 302 g/mol. The van der Waals surface area contributed by atoms with Gasteiger partial charge in [0, 0.05) is 31.7 Å². The summed E-state index contributed by atoms with van der Waals surface area (Å²) in [6, 6.07) is 13.2. The predicted octanol–water partition coefficient (Wildman–Crippen LogP) is 2.36. The third kappa shape index (κ3) is 3.98. The number of para-hydroxylation sites is 1. The summed E-state index contributed by atoms with van der Waals surface area (Å²) < 4.78 is 0. The Kier molecular flexibility index (Phi) is 4.89. The number of amides is 2. The number of carbonyl (C=O) groups excluding carboxylic acids is 2. The highest BCUT2D eigenvalue weighted by molar-refractivity contribution is 5.99. The van der Waals surface area contributed by atoms with E-state index in [1.54, 1.807) is 24.3 Å². The van der Waals surface area contributed by atoms with Gasteiger partial charge in [-0.25, -0.2) is 0 Å². The first-order valence-electron chi connectivity index (χ1n) is 8.15. The molecule has 2 atom stereocenters. The zero-order chi connectivity index (χ0) is 16.9. The lowest BCUT2D eigenvalue weighted by molar-refractivity contribution is -0.132. The molecule has 3 rings (SSSR count). The van der Waals surface area contributed by atoms with Gasteiger partial charge in [-0.1, -0.05) is 18.2 Å². The van der Waals surface area contributed by atoms with Gasteiger partial charge >= 0.3 is 0 Å². The highest BCUT2D eigenvalue weighted by Gasteiger charge is 2.48. The molecule has 1 aliphatic rings. The fraction of sp³-hybridized carbons (Fsp3) is 0.316. The maximum atomic E-state index is 12.4. The molecule has 0 spiro atoms. The Bertz CT molecular complexity index is 703. The molecule has 2 unspecified atom stereocenters. The number of rotatable bonds is 6. The molecule has 1 aromatic heterocycles. The molecule has 1 aromatic carbocycles. The zero-order valence-electron chi connectivity index (χ0n) is 13.7. The fourth-order valence-corrected chi connectivity index (χ4v) is 2.75. The monoisotopic (exact) mass is 323 g/mol. The Morgan fingerprint density at radius 3 is 2.54 bits per heavy atom. The highest BCUT2D eigenvalue weighted by atomic mass is 16.2. The second-order valence-corrected chi connectivity index (χ2v) is 6.17. The van der Waals surface area contributed by atoms with Gasteiger partial charge in [-0.15, -0.1) is 0 Å². The van der Waals surface area contributed by atoms with Crippen LogP contribution in [-0.4, -0.2) is 35.3 Å². The fourth-order valence-electron chi connectivity index (χ4n) is 2.75. The minimum absolute atomic E-state index is 0.0530. The van der Waals surface area contributed by atoms with Crippen molar-refractivity contribution in [1.29, 1.82) is 0 Å². The number of anilines is 1. The maximum Gasteiger partial charge on any atom is 0.228 e. The van der Waals surface area contributed by atoms with Gasteiger partial charge < -0.3 is 10.2 Å². The summed E-state index contributed by atoms with van der Waals surface area (Å²) in [5, 5.41) is 2.87. The van der Waals surface area contributed by atoms with Crippen LogP contribution in [0.3, 0.4) is 0 Å². The molecule has 1 heterocycles. The van der Waals surface area contributed by atoms with Gasteiger partial charge in [0.1, 0.15) is 0 Å². The summed E-state index contributed by atoms with van der Waals surface area (Å²) in [5.74, 6) is -0.406. The topological polar surface area (TPSA) is 62.3 Å². The molecule has 124 valence electrons. The van der Waals surface area contributed by atoms with Crippen LogP contribution in [0, 0.1) is 11.8 Å². The Morgan fingerprint density at radius 2 is 1.83 bits per heavy atom. The van der Waals surface area contributed by atoms with Gasteiger partial charge in [-0.05, 0) is 42.7 Å². The molecule has 24 heavy (non-hydrogen) atoms. The van der Waals surface area contributed by atoms with E-state index < -0.39 is 0 Å². The van der Waals surface area contributed by atoms with Crippen LogP contribution in [0.4, 0.5) is 5.69 Å². The van der Waals surface area contributed by atoms with Crippen molar-refractivity contribution in [2.24, 2.45) is 11.8 Å². The van der Waals surface area contributed by atoms with Crippen molar-refractivity contribution in [3.63, 3.8) is 0 Å². The van der Waals surface area contributed by atoms with E-state index in [-0.39, 0.29) is 23.7 Å². The molecule has 1 N–H and O–H groups in total. The van der Waals surface area contributed by atoms with Crippen LogP contribution >= 0.6 is 0 Å². The van der Waals surface area contributed by atoms with Crippen molar-refractivity contribution in [3.8, 4) is 0 Å². The smallest absolute Gasteiger partial charge is 0.228 e. The van der Waals surface area contributed by atoms with Crippen molar-refractivity contribution < 1.29 is 9.59 Å². The lowest BCUT2D eigenvalue weighted by Crippen LogP contribution is -2.31. The normalized spacial score (nSPS) is 18.7. The molecule has 0 bridgehead atoms. The molecular formula is C19H21N3O2. The molecule has 2 amide bonds. The van der Waals surface area contributed by atoms with E-state index in [1.807, 2.05) is 42.5 Å². The van der Waals surface area contributed by atoms with Crippen LogP contribution in [0.1, 0.15) is 12.0 Å². The lowest BCUT2D eigenvalue weighted by atomic mass is 10.2. The standard InChI is InChI=1S/C19H21N3O2/c1-22(12-9-14-7-10-20-11-8-14)19(24)17-13-16(17)18(23)21-15-5-3-2-4-6-15/h2-8,10-11,16-17H,9,12-13H2,1H3,(H,21,23). The summed E-state index contributed by atoms with van der Waals surface area (Å²) in [7, 11) is 1.80. The van der Waals surface area contributed by atoms with Gasteiger partial charge in [0.2, 0.25) is 11.8 Å². The van der Waals surface area contributed by atoms with E-state index in [0.29, 0.717) is 13.0 Å². The Labute approximate surface area is 141 Å². The van der Waals surface area contributed by atoms with Crippen molar-refractivity contribution in [3.05, 3.63) is 60.4 Å². The highest BCUT2D eigenvalue weighted by Crippen LogP contribution is 2.40. The van der Waals surface area contributed by atoms with Crippen LogP contribution < -0.4 is 5.32 Å². The second kappa shape index (κ2) is 7.25. The first kappa shape index (κ1) is 16.2. The SMILES string of the molecule is CN(CCc1ccncc1)C(=O)C1CC1C(=O)Nc1ccccc1. The molecule has 2 aromatic rings. The largest absolute Gasteiger partial charge is 0.345 e. The second-order valence-electron chi connectivity index (χ2n) is 6.17. The first-order valence-corrected chi connectivity index (χ1v) is 8.15. The molecule has 1 saturated carbocycles. The van der Waals surface area contributed by atoms with Crippen LogP contribution in [0.15, 0.2) is 54.9 Å². The van der Waals surface area contributed by atoms with Gasteiger partial charge in [-0.3, -0.25) is 14.6 Å². The predicted molar refractivity (Wildman–Crippen MR) is 92.2 cm³/mol. The molecule has 0 aliphatic heterocycles. The van der Waals surface area contributed by atoms with E-state index >= 15 is 0 Å². The quantitative estimate of drug-likeness (QED) is 0.887. The third-order valence-corrected chi connectivity index (χ3v) is 4.35. The molecule has 5 heteroatoms. The number of carbonyl (C=O) groups is 2. The number of hydrogen-bond acceptors (Lipinski definition) is 3. The van der Waals surface area contributed by atoms with Crippen LogP contribution in [0.5, 0.6) is 0 Å². The Hall–Kier alpha value is -2.69. The summed E-state index contributed by atoms with van der Waals surface area (Å²) in [5.41, 5.74) is 1.92. The molecule has 1 aliphatic carbocycles. The van der Waals surface area contributed by atoms with Gasteiger partial charge in [-0.2, -0.15) is 0 Å². The maximum absolute atomic E-state index is 12.4. The van der Waals surface area contributed by atoms with Gasteiger partial charge in [0.25, 0.3) is 0 Å². The zero-order valence-corrected chi connectivity index (χ0v) is 13.7. The van der Waals surface area contributed by atoms with Crippen LogP contribution in [-0.2, 0) is 16.0 Å². The van der Waals surface area contributed by atoms with Crippen molar-refractivity contribution in [1.82, 2.24) is 9.88 Å². The van der Waals surface area contributed by atoms with E-state index in [9.17, 15) is 9.59 Å². The van der Waals surface area contributed by atoms with E-state index in [1.165, 1.54) is 0 Å². The lowest BCUT2D eigenvalue weighted by Gasteiger charge is -2.17. The van der Waals surface area contributed by atoms with Gasteiger partial charge in [0.05, 0.1) is 11.8 Å². The van der Waals surface area contributed by atoms with Gasteiger partial charge in [0.15, 0.2) is 0 Å². The summed E-state index contributed by atoms with van der Waals surface area (Å²) in [6.45, 7) is 0.645. The number of pyridine rings is 1. The van der Waals surface area contributed by atoms with E-state index in [4.69, 9.17) is 0 Å². The minimum atomic E-state index is -0.207. The average Bonchev–Trinajstić information content (AvgIpc) is 3.41. The first-order chi connectivity index (χ1) is 11.6. The minimum Gasteiger partial charge on any atom is -0.345 e. The van der Waals surface area contributed by atoms with E-state index in [2.05, 4.69) is 10.3 Å². The number of nitrogens with zero attached hydrogens (tertiary/aromatic N) is 2. The molecule has 5 nitrogen and oxygen atoms in total. The van der Waals surface area contributed by atoms with Crippen molar-refractivity contribution in [2.45, 2.75) is 12.8 Å². The Morgan fingerprint density at radius 1 is 1.12 bits per heavy atom. The Balaban J connectivity index is 1.47. The summed E-state index contributed by atoms with van der Waals surface area (Å²) >= 11 is 0. The molecule has 0 radical (unpaired) electrons. The summed E-state index contributed by atoms with van der Waals surface area (Å²) in [6.07, 6.45) is 4.93. The third-order valence-electron chi connectivity index (χ3n) is 4.35. The van der Waals surface area contributed by atoms with Crippen molar-refractivity contribution in [2.75, 3.05) is 18.9 Å². The van der Waals surface area contributed by atoms with Crippen LogP contribution in [0.25, 0.3) is 0 Å².